The van der Waals surface area contributed by atoms with E-state index in [1.54, 1.807) is 0 Å². The molecule has 1 heterocycles. The number of nitrogen functional groups attached to an aromatic ring is 1. The first-order valence-corrected chi connectivity index (χ1v) is 6.39. The van der Waals surface area contributed by atoms with Crippen LogP contribution in [0.15, 0.2) is 18.2 Å². The maximum absolute atomic E-state index is 5.83. The van der Waals surface area contributed by atoms with E-state index < -0.39 is 0 Å². The van der Waals surface area contributed by atoms with Crippen LogP contribution in [-0.4, -0.2) is 18.0 Å². The molecular weight excluding hydrogens is 196 g/mol. The first kappa shape index (κ1) is 11.5. The van der Waals surface area contributed by atoms with E-state index >= 15 is 0 Å². The largest absolute Gasteiger partial charge is 0.399 e. The Labute approximate surface area is 98.4 Å². The molecule has 16 heavy (non-hydrogen) atoms. The van der Waals surface area contributed by atoms with Crippen LogP contribution in [0.2, 0.25) is 0 Å². The molecule has 0 radical (unpaired) electrons. The van der Waals surface area contributed by atoms with E-state index in [2.05, 4.69) is 24.0 Å². The van der Waals surface area contributed by atoms with E-state index in [-0.39, 0.29) is 0 Å². The van der Waals surface area contributed by atoms with Crippen LogP contribution in [0.1, 0.15) is 37.3 Å². The maximum atomic E-state index is 5.83. The lowest BCUT2D eigenvalue weighted by Gasteiger charge is -2.28. The van der Waals surface area contributed by atoms with Gasteiger partial charge in [-0.2, -0.15) is 0 Å². The number of hydrogen-bond donors (Lipinski definition) is 1. The number of nitrogens with zero attached hydrogens (tertiary/aromatic N) is 1. The normalized spacial score (nSPS) is 16.1. The zero-order chi connectivity index (χ0) is 11.4. The van der Waals surface area contributed by atoms with Gasteiger partial charge in [-0.25, -0.2) is 0 Å². The van der Waals surface area contributed by atoms with E-state index in [0.29, 0.717) is 0 Å². The van der Waals surface area contributed by atoms with Gasteiger partial charge in [-0.05, 0) is 42.6 Å². The molecule has 0 bridgehead atoms. The Kier molecular flexibility index (Phi) is 3.83. The van der Waals surface area contributed by atoms with E-state index in [9.17, 15) is 0 Å². The minimum absolute atomic E-state index is 0.897. The van der Waals surface area contributed by atoms with Gasteiger partial charge in [-0.1, -0.05) is 25.8 Å². The van der Waals surface area contributed by atoms with Gasteiger partial charge in [-0.15, -0.1) is 0 Å². The van der Waals surface area contributed by atoms with Crippen molar-refractivity contribution in [3.63, 3.8) is 0 Å². The summed E-state index contributed by atoms with van der Waals surface area (Å²) in [6.45, 7) is 5.79. The minimum Gasteiger partial charge on any atom is -0.399 e. The average molecular weight is 218 g/mol. The highest BCUT2D eigenvalue weighted by molar-refractivity contribution is 5.45. The second-order valence-electron chi connectivity index (χ2n) is 4.76. The van der Waals surface area contributed by atoms with Crippen LogP contribution in [0.3, 0.4) is 0 Å². The highest BCUT2D eigenvalue weighted by Gasteiger charge is 2.15. The highest BCUT2D eigenvalue weighted by Crippen LogP contribution is 2.21. The number of anilines is 1. The number of benzene rings is 1. The van der Waals surface area contributed by atoms with Crippen LogP contribution in [0, 0.1) is 0 Å². The molecule has 0 saturated heterocycles. The fourth-order valence-electron chi connectivity index (χ4n) is 2.41. The van der Waals surface area contributed by atoms with E-state index in [0.717, 1.165) is 12.2 Å². The predicted molar refractivity (Wildman–Crippen MR) is 69.4 cm³/mol. The minimum atomic E-state index is 0.897. The van der Waals surface area contributed by atoms with Crippen molar-refractivity contribution >= 4 is 5.69 Å². The molecule has 1 aromatic carbocycles. The molecule has 0 saturated carbocycles. The van der Waals surface area contributed by atoms with Gasteiger partial charge in [0.15, 0.2) is 0 Å². The molecule has 2 N–H and O–H groups in total. The van der Waals surface area contributed by atoms with Crippen molar-refractivity contribution in [2.75, 3.05) is 18.8 Å². The molecule has 2 rings (SSSR count). The Hall–Kier alpha value is -1.02. The molecule has 0 fully saturated rings. The standard InChI is InChI=1S/C14H22N2/c1-2-3-4-8-16-9-7-12-5-6-14(15)10-13(12)11-16/h5-6,10H,2-4,7-9,11,15H2,1H3. The fraction of sp³-hybridized carbons (Fsp3) is 0.571. The third-order valence-corrected chi connectivity index (χ3v) is 3.40. The summed E-state index contributed by atoms with van der Waals surface area (Å²) < 4.78 is 0. The SMILES string of the molecule is CCCCCN1CCc2ccc(N)cc2C1. The van der Waals surface area contributed by atoms with Gasteiger partial charge in [0.05, 0.1) is 0 Å². The average Bonchev–Trinajstić information content (AvgIpc) is 2.29. The van der Waals surface area contributed by atoms with Crippen molar-refractivity contribution in [3.8, 4) is 0 Å². The van der Waals surface area contributed by atoms with Gasteiger partial charge in [0.2, 0.25) is 0 Å². The lowest BCUT2D eigenvalue weighted by molar-refractivity contribution is 0.249. The summed E-state index contributed by atoms with van der Waals surface area (Å²) in [7, 11) is 0. The highest BCUT2D eigenvalue weighted by atomic mass is 15.1. The van der Waals surface area contributed by atoms with Crippen LogP contribution in [0.25, 0.3) is 0 Å². The van der Waals surface area contributed by atoms with Gasteiger partial charge in [0.1, 0.15) is 0 Å². The number of nitrogens with two attached hydrogens (primary N) is 1. The summed E-state index contributed by atoms with van der Waals surface area (Å²) in [6, 6.07) is 6.35. The first-order valence-electron chi connectivity index (χ1n) is 6.39. The van der Waals surface area contributed by atoms with Crippen molar-refractivity contribution in [1.29, 1.82) is 0 Å². The predicted octanol–water partition coefficient (Wildman–Crippen LogP) is 2.82. The zero-order valence-corrected chi connectivity index (χ0v) is 10.2. The van der Waals surface area contributed by atoms with Gasteiger partial charge in [-0.3, -0.25) is 4.90 Å². The van der Waals surface area contributed by atoms with Gasteiger partial charge in [0, 0.05) is 18.8 Å². The quantitative estimate of drug-likeness (QED) is 0.622. The number of hydrogen-bond acceptors (Lipinski definition) is 2. The van der Waals surface area contributed by atoms with Crippen molar-refractivity contribution in [1.82, 2.24) is 4.90 Å². The Balaban J connectivity index is 1.94. The summed E-state index contributed by atoms with van der Waals surface area (Å²) in [6.07, 6.45) is 5.16. The van der Waals surface area contributed by atoms with E-state index in [1.807, 2.05) is 6.07 Å². The van der Waals surface area contributed by atoms with Crippen molar-refractivity contribution in [3.05, 3.63) is 29.3 Å². The van der Waals surface area contributed by atoms with Gasteiger partial charge >= 0.3 is 0 Å². The molecule has 0 amide bonds. The topological polar surface area (TPSA) is 29.3 Å². The Morgan fingerprint density at radius 3 is 2.94 bits per heavy atom. The zero-order valence-electron chi connectivity index (χ0n) is 10.2. The maximum Gasteiger partial charge on any atom is 0.0317 e. The molecule has 0 unspecified atom stereocenters. The Morgan fingerprint density at radius 2 is 2.12 bits per heavy atom. The first-order chi connectivity index (χ1) is 7.79. The van der Waals surface area contributed by atoms with Crippen LogP contribution >= 0.6 is 0 Å². The van der Waals surface area contributed by atoms with Crippen molar-refractivity contribution < 1.29 is 0 Å². The summed E-state index contributed by atoms with van der Waals surface area (Å²) >= 11 is 0. The second-order valence-corrected chi connectivity index (χ2v) is 4.76. The molecule has 0 spiro atoms. The third-order valence-electron chi connectivity index (χ3n) is 3.40. The lowest BCUT2D eigenvalue weighted by atomic mass is 9.99. The van der Waals surface area contributed by atoms with E-state index in [1.165, 1.54) is 49.9 Å². The van der Waals surface area contributed by atoms with Crippen LogP contribution < -0.4 is 5.73 Å². The molecule has 0 atom stereocenters. The second kappa shape index (κ2) is 5.35. The molecule has 88 valence electrons. The smallest absolute Gasteiger partial charge is 0.0317 e. The molecule has 2 nitrogen and oxygen atoms in total. The van der Waals surface area contributed by atoms with Gasteiger partial charge < -0.3 is 5.73 Å². The summed E-state index contributed by atoms with van der Waals surface area (Å²) in [4.78, 5) is 2.55. The van der Waals surface area contributed by atoms with Crippen LogP contribution in [0.4, 0.5) is 5.69 Å². The van der Waals surface area contributed by atoms with Gasteiger partial charge in [0.25, 0.3) is 0 Å². The van der Waals surface area contributed by atoms with Crippen LogP contribution in [0.5, 0.6) is 0 Å². The molecule has 0 aliphatic carbocycles. The Bertz CT molecular complexity index is 347. The number of unbranched alkanes of at least 4 members (excludes halogenated alkanes) is 2. The number of fused-ring (bicyclic) bond motifs is 1. The number of rotatable bonds is 4. The summed E-state index contributed by atoms with van der Waals surface area (Å²) in [5, 5.41) is 0. The van der Waals surface area contributed by atoms with E-state index in [4.69, 9.17) is 5.73 Å². The summed E-state index contributed by atoms with van der Waals surface area (Å²) in [5.41, 5.74) is 9.65. The lowest BCUT2D eigenvalue weighted by Crippen LogP contribution is -2.31. The van der Waals surface area contributed by atoms with Crippen molar-refractivity contribution in [2.24, 2.45) is 0 Å². The fourth-order valence-corrected chi connectivity index (χ4v) is 2.41. The van der Waals surface area contributed by atoms with Crippen molar-refractivity contribution in [2.45, 2.75) is 39.2 Å². The third kappa shape index (κ3) is 2.76. The Morgan fingerprint density at radius 1 is 1.25 bits per heavy atom. The molecule has 1 aliphatic rings. The van der Waals surface area contributed by atoms with Crippen LogP contribution in [-0.2, 0) is 13.0 Å². The monoisotopic (exact) mass is 218 g/mol. The molecule has 1 aliphatic heterocycles. The molecule has 1 aromatic rings. The molecule has 0 aromatic heterocycles. The molecule has 2 heteroatoms. The summed E-state index contributed by atoms with van der Waals surface area (Å²) in [5.74, 6) is 0. The molecular formula is C14H22N2.